The number of imidazole rings is 1. The highest BCUT2D eigenvalue weighted by Crippen LogP contribution is 2.58. The fraction of sp³-hybridized carbons (Fsp3) is 0.400. The Balaban J connectivity index is 1.40. The first-order valence-corrected chi connectivity index (χ1v) is 14.2. The van der Waals surface area contributed by atoms with E-state index in [0.717, 1.165) is 12.2 Å². The lowest BCUT2D eigenvalue weighted by Crippen LogP contribution is -2.50. The van der Waals surface area contributed by atoms with E-state index in [9.17, 15) is 0 Å². The van der Waals surface area contributed by atoms with Crippen molar-refractivity contribution in [3.63, 3.8) is 0 Å². The SMILES string of the molecule is CC(C)c1ccc2c(c1)CC[C@H]1[C@](C)(Cn3cnc(-c4ccccc4)c3-c3ccccc3)CCC[C@]21C. The summed E-state index contributed by atoms with van der Waals surface area (Å²) in [5, 5.41) is 0. The Morgan fingerprint density at radius 1 is 0.892 bits per heavy atom. The molecule has 190 valence electrons. The molecule has 2 aliphatic rings. The normalized spacial score (nSPS) is 25.1. The van der Waals surface area contributed by atoms with Crippen LogP contribution in [-0.4, -0.2) is 9.55 Å². The van der Waals surface area contributed by atoms with Crippen LogP contribution in [-0.2, 0) is 18.4 Å². The van der Waals surface area contributed by atoms with E-state index >= 15 is 0 Å². The average molecular weight is 489 g/mol. The molecule has 3 atom stereocenters. The zero-order valence-electron chi connectivity index (χ0n) is 22.9. The van der Waals surface area contributed by atoms with E-state index in [1.807, 2.05) is 0 Å². The third-order valence-corrected chi connectivity index (χ3v) is 9.63. The third kappa shape index (κ3) is 4.15. The zero-order valence-corrected chi connectivity index (χ0v) is 22.9. The first kappa shape index (κ1) is 24.2. The standard InChI is InChI=1S/C35H40N2/c1-25(2)28-16-18-30-29(22-28)17-19-31-34(3,20-11-21-35(30,31)4)23-37-24-36-32(26-12-7-5-8-13-26)33(37)27-14-9-6-10-15-27/h5-10,12-16,18,22,24-25,31H,11,17,19-21,23H2,1-4H3/t31-,34-,35+/m0/s1. The molecule has 1 heterocycles. The number of hydrogen-bond donors (Lipinski definition) is 0. The molecule has 0 radical (unpaired) electrons. The van der Waals surface area contributed by atoms with Crippen LogP contribution in [0.1, 0.15) is 76.0 Å². The number of hydrogen-bond acceptors (Lipinski definition) is 1. The van der Waals surface area contributed by atoms with Gasteiger partial charge in [-0.05, 0) is 65.0 Å². The van der Waals surface area contributed by atoms with Crippen molar-refractivity contribution in [2.45, 2.75) is 77.7 Å². The maximum Gasteiger partial charge on any atom is 0.0963 e. The molecule has 37 heavy (non-hydrogen) atoms. The second-order valence-corrected chi connectivity index (χ2v) is 12.4. The van der Waals surface area contributed by atoms with Gasteiger partial charge in [0.25, 0.3) is 0 Å². The predicted octanol–water partition coefficient (Wildman–Crippen LogP) is 9.05. The van der Waals surface area contributed by atoms with Crippen molar-refractivity contribution >= 4 is 0 Å². The summed E-state index contributed by atoms with van der Waals surface area (Å²) in [4.78, 5) is 5.01. The van der Waals surface area contributed by atoms with Gasteiger partial charge in [0.05, 0.1) is 17.7 Å². The molecule has 0 aliphatic heterocycles. The molecule has 1 saturated carbocycles. The van der Waals surface area contributed by atoms with Crippen molar-refractivity contribution < 1.29 is 0 Å². The molecule has 1 fully saturated rings. The van der Waals surface area contributed by atoms with Gasteiger partial charge >= 0.3 is 0 Å². The van der Waals surface area contributed by atoms with Gasteiger partial charge in [-0.1, -0.05) is 113 Å². The number of aryl methyl sites for hydroxylation is 1. The average Bonchev–Trinajstić information content (AvgIpc) is 3.32. The maximum absolute atomic E-state index is 5.01. The molecule has 6 rings (SSSR count). The van der Waals surface area contributed by atoms with Gasteiger partial charge in [0.2, 0.25) is 0 Å². The minimum absolute atomic E-state index is 0.222. The highest BCUT2D eigenvalue weighted by atomic mass is 15.1. The van der Waals surface area contributed by atoms with Crippen LogP contribution in [0.2, 0.25) is 0 Å². The minimum atomic E-state index is 0.222. The highest BCUT2D eigenvalue weighted by Gasteiger charge is 2.51. The molecule has 0 N–H and O–H groups in total. The summed E-state index contributed by atoms with van der Waals surface area (Å²) in [6, 6.07) is 28.9. The van der Waals surface area contributed by atoms with Gasteiger partial charge in [-0.3, -0.25) is 0 Å². The summed E-state index contributed by atoms with van der Waals surface area (Å²) in [6.45, 7) is 10.8. The van der Waals surface area contributed by atoms with Gasteiger partial charge in [0.15, 0.2) is 0 Å². The molecule has 2 aliphatic carbocycles. The summed E-state index contributed by atoms with van der Waals surface area (Å²) < 4.78 is 2.47. The third-order valence-electron chi connectivity index (χ3n) is 9.63. The monoisotopic (exact) mass is 488 g/mol. The minimum Gasteiger partial charge on any atom is -0.330 e. The first-order chi connectivity index (χ1) is 17.9. The molecule has 4 aromatic rings. The van der Waals surface area contributed by atoms with Gasteiger partial charge in [-0.2, -0.15) is 0 Å². The molecule has 0 saturated heterocycles. The quantitative estimate of drug-likeness (QED) is 0.274. The summed E-state index contributed by atoms with van der Waals surface area (Å²) in [5.41, 5.74) is 9.94. The fourth-order valence-electron chi connectivity index (χ4n) is 7.79. The van der Waals surface area contributed by atoms with Crippen LogP contribution in [0.25, 0.3) is 22.5 Å². The van der Waals surface area contributed by atoms with E-state index in [1.165, 1.54) is 54.5 Å². The maximum atomic E-state index is 5.01. The zero-order chi connectivity index (χ0) is 25.6. The molecule has 0 spiro atoms. The molecule has 2 heteroatoms. The molecular weight excluding hydrogens is 448 g/mol. The van der Waals surface area contributed by atoms with Crippen LogP contribution >= 0.6 is 0 Å². The lowest BCUT2D eigenvalue weighted by Gasteiger charge is -2.55. The first-order valence-electron chi connectivity index (χ1n) is 14.2. The van der Waals surface area contributed by atoms with E-state index in [1.54, 1.807) is 11.1 Å². The summed E-state index contributed by atoms with van der Waals surface area (Å²) >= 11 is 0. The molecule has 2 nitrogen and oxygen atoms in total. The van der Waals surface area contributed by atoms with E-state index in [0.29, 0.717) is 11.8 Å². The number of nitrogens with zero attached hydrogens (tertiary/aromatic N) is 2. The molecular formula is C35H40N2. The Bertz CT molecular complexity index is 1380. The molecule has 0 amide bonds. The number of benzene rings is 3. The van der Waals surface area contributed by atoms with E-state index in [2.05, 4.69) is 117 Å². The predicted molar refractivity (Wildman–Crippen MR) is 155 cm³/mol. The number of rotatable bonds is 5. The van der Waals surface area contributed by atoms with Crippen molar-refractivity contribution in [1.29, 1.82) is 0 Å². The van der Waals surface area contributed by atoms with Crippen LogP contribution in [0.5, 0.6) is 0 Å². The Kier molecular flexibility index (Phi) is 6.10. The van der Waals surface area contributed by atoms with Crippen LogP contribution in [0, 0.1) is 11.3 Å². The van der Waals surface area contributed by atoms with Crippen molar-refractivity contribution in [2.75, 3.05) is 0 Å². The number of aromatic nitrogens is 2. The molecule has 0 bridgehead atoms. The lowest BCUT2D eigenvalue weighted by atomic mass is 9.49. The van der Waals surface area contributed by atoms with Gasteiger partial charge in [-0.15, -0.1) is 0 Å². The topological polar surface area (TPSA) is 17.8 Å². The van der Waals surface area contributed by atoms with Crippen molar-refractivity contribution in [1.82, 2.24) is 9.55 Å². The Labute approximate surface area is 222 Å². The van der Waals surface area contributed by atoms with Gasteiger partial charge in [-0.25, -0.2) is 4.98 Å². The van der Waals surface area contributed by atoms with Gasteiger partial charge in [0.1, 0.15) is 0 Å². The fourth-order valence-corrected chi connectivity index (χ4v) is 7.79. The molecule has 3 aromatic carbocycles. The highest BCUT2D eigenvalue weighted by molar-refractivity contribution is 5.78. The molecule has 1 aromatic heterocycles. The van der Waals surface area contributed by atoms with Crippen LogP contribution in [0.3, 0.4) is 0 Å². The van der Waals surface area contributed by atoms with Crippen molar-refractivity contribution in [3.05, 3.63) is 102 Å². The van der Waals surface area contributed by atoms with E-state index in [4.69, 9.17) is 4.98 Å². The summed E-state index contributed by atoms with van der Waals surface area (Å²) in [6.07, 6.45) is 8.45. The van der Waals surface area contributed by atoms with Crippen LogP contribution in [0.4, 0.5) is 0 Å². The van der Waals surface area contributed by atoms with Gasteiger partial charge in [0, 0.05) is 17.7 Å². The Morgan fingerprint density at radius 2 is 1.59 bits per heavy atom. The van der Waals surface area contributed by atoms with Crippen molar-refractivity contribution in [2.24, 2.45) is 11.3 Å². The van der Waals surface area contributed by atoms with Crippen molar-refractivity contribution in [3.8, 4) is 22.5 Å². The second kappa shape index (κ2) is 9.31. The molecule has 0 unspecified atom stereocenters. The largest absolute Gasteiger partial charge is 0.330 e. The van der Waals surface area contributed by atoms with Crippen LogP contribution in [0.15, 0.2) is 85.2 Å². The Hall–Kier alpha value is -3.13. The Morgan fingerprint density at radius 3 is 2.30 bits per heavy atom. The summed E-state index contributed by atoms with van der Waals surface area (Å²) in [7, 11) is 0. The lowest BCUT2D eigenvalue weighted by molar-refractivity contribution is 0.0122. The summed E-state index contributed by atoms with van der Waals surface area (Å²) in [5.74, 6) is 1.25. The number of fused-ring (bicyclic) bond motifs is 3. The smallest absolute Gasteiger partial charge is 0.0963 e. The van der Waals surface area contributed by atoms with E-state index in [-0.39, 0.29) is 10.8 Å². The van der Waals surface area contributed by atoms with Gasteiger partial charge < -0.3 is 4.57 Å². The van der Waals surface area contributed by atoms with E-state index < -0.39 is 0 Å². The second-order valence-electron chi connectivity index (χ2n) is 12.4. The van der Waals surface area contributed by atoms with Crippen LogP contribution < -0.4 is 0 Å².